The second-order valence-electron chi connectivity index (χ2n) is 3.00. The van der Waals surface area contributed by atoms with Crippen LogP contribution < -0.4 is 5.73 Å². The van der Waals surface area contributed by atoms with Crippen LogP contribution in [0.2, 0.25) is 0 Å². The molecule has 0 fully saturated rings. The Morgan fingerprint density at radius 2 is 2.13 bits per heavy atom. The lowest BCUT2D eigenvalue weighted by atomic mass is 10.2. The number of halogens is 2. The minimum Gasteiger partial charge on any atom is -0.444 e. The van der Waals surface area contributed by atoms with Gasteiger partial charge in [-0.1, -0.05) is 6.07 Å². The summed E-state index contributed by atoms with van der Waals surface area (Å²) < 4.78 is 29.4. The van der Waals surface area contributed by atoms with E-state index in [0.717, 1.165) is 6.26 Å². The number of nitrogen functional groups attached to an aromatic ring is 1. The molecule has 0 aliphatic carbocycles. The van der Waals surface area contributed by atoms with Crippen molar-refractivity contribution >= 4 is 5.69 Å². The van der Waals surface area contributed by atoms with E-state index in [1.165, 1.54) is 0 Å². The van der Waals surface area contributed by atoms with Crippen LogP contribution in [0.5, 0.6) is 0 Å². The smallest absolute Gasteiger partial charge is 0.283 e. The van der Waals surface area contributed by atoms with Crippen molar-refractivity contribution in [1.29, 1.82) is 0 Å². The van der Waals surface area contributed by atoms with E-state index in [1.807, 2.05) is 0 Å². The summed E-state index contributed by atoms with van der Waals surface area (Å²) in [6.07, 6.45) is -1.67. The Morgan fingerprint density at radius 3 is 2.73 bits per heavy atom. The molecular weight excluding hydrogens is 202 g/mol. The quantitative estimate of drug-likeness (QED) is 0.775. The zero-order valence-electron chi connectivity index (χ0n) is 7.65. The molecule has 0 unspecified atom stereocenters. The van der Waals surface area contributed by atoms with Gasteiger partial charge < -0.3 is 10.2 Å². The van der Waals surface area contributed by atoms with Gasteiger partial charge in [0, 0.05) is 11.3 Å². The zero-order valence-corrected chi connectivity index (χ0v) is 7.65. The highest BCUT2D eigenvalue weighted by Gasteiger charge is 2.14. The Labute approximate surface area is 84.5 Å². The maximum atomic E-state index is 12.2. The van der Waals surface area contributed by atoms with Crippen molar-refractivity contribution in [3.8, 4) is 11.5 Å². The van der Waals surface area contributed by atoms with Crippen LogP contribution in [0.3, 0.4) is 0 Å². The number of hydrogen-bond acceptors (Lipinski definition) is 3. The fourth-order valence-electron chi connectivity index (χ4n) is 1.19. The molecule has 15 heavy (non-hydrogen) atoms. The molecular formula is C10H8F2N2O. The van der Waals surface area contributed by atoms with Crippen LogP contribution in [0.15, 0.2) is 34.9 Å². The maximum absolute atomic E-state index is 12.2. The molecule has 0 saturated carbocycles. The molecule has 0 amide bonds. The van der Waals surface area contributed by atoms with E-state index in [0.29, 0.717) is 11.3 Å². The highest BCUT2D eigenvalue weighted by Crippen LogP contribution is 2.24. The van der Waals surface area contributed by atoms with Crippen molar-refractivity contribution < 1.29 is 13.2 Å². The maximum Gasteiger partial charge on any atom is 0.283 e. The van der Waals surface area contributed by atoms with E-state index in [9.17, 15) is 8.78 Å². The Bertz CT molecular complexity index is 468. The van der Waals surface area contributed by atoms with Gasteiger partial charge in [-0.05, 0) is 18.2 Å². The van der Waals surface area contributed by atoms with Gasteiger partial charge in [-0.25, -0.2) is 13.8 Å². The minimum absolute atomic E-state index is 0.151. The molecule has 5 heteroatoms. The van der Waals surface area contributed by atoms with Crippen LogP contribution in [-0.4, -0.2) is 4.98 Å². The van der Waals surface area contributed by atoms with Crippen LogP contribution in [0.25, 0.3) is 11.5 Å². The molecule has 2 rings (SSSR count). The van der Waals surface area contributed by atoms with Gasteiger partial charge in [-0.2, -0.15) is 0 Å². The third kappa shape index (κ3) is 1.96. The van der Waals surface area contributed by atoms with Crippen molar-refractivity contribution in [1.82, 2.24) is 4.98 Å². The summed E-state index contributed by atoms with van der Waals surface area (Å²) in [7, 11) is 0. The van der Waals surface area contributed by atoms with Gasteiger partial charge in [0.1, 0.15) is 12.0 Å². The van der Waals surface area contributed by atoms with Crippen molar-refractivity contribution in [3.05, 3.63) is 36.2 Å². The fraction of sp³-hybridized carbons (Fsp3) is 0.100. The van der Waals surface area contributed by atoms with Crippen LogP contribution in [-0.2, 0) is 0 Å². The van der Waals surface area contributed by atoms with Crippen LogP contribution in [0.1, 0.15) is 12.1 Å². The number of alkyl halides is 2. The third-order valence-corrected chi connectivity index (χ3v) is 1.88. The molecule has 0 aliphatic heterocycles. The Hall–Kier alpha value is -1.91. The minimum atomic E-state index is -2.62. The predicted molar refractivity (Wildman–Crippen MR) is 51.3 cm³/mol. The van der Waals surface area contributed by atoms with Crippen molar-refractivity contribution in [2.24, 2.45) is 0 Å². The molecule has 2 N–H and O–H groups in total. The number of rotatable bonds is 2. The van der Waals surface area contributed by atoms with Crippen molar-refractivity contribution in [2.45, 2.75) is 6.43 Å². The standard InChI is InChI=1S/C10H8F2N2O/c11-9(12)8-5-15-10(14-8)6-2-1-3-7(13)4-6/h1-5,9H,13H2. The summed E-state index contributed by atoms with van der Waals surface area (Å²) in [6.45, 7) is 0. The molecule has 1 aromatic heterocycles. The van der Waals surface area contributed by atoms with E-state index < -0.39 is 6.43 Å². The van der Waals surface area contributed by atoms with Gasteiger partial charge in [-0.15, -0.1) is 0 Å². The summed E-state index contributed by atoms with van der Waals surface area (Å²) in [5.74, 6) is 0.151. The van der Waals surface area contributed by atoms with Gasteiger partial charge >= 0.3 is 0 Å². The van der Waals surface area contributed by atoms with Gasteiger partial charge in [0.15, 0.2) is 0 Å². The lowest BCUT2D eigenvalue weighted by Gasteiger charge is -1.96. The average molecular weight is 210 g/mol. The van der Waals surface area contributed by atoms with Gasteiger partial charge in [0.05, 0.1) is 0 Å². The normalized spacial score (nSPS) is 10.9. The monoisotopic (exact) mass is 210 g/mol. The number of benzene rings is 1. The Kier molecular flexibility index (Phi) is 2.37. The SMILES string of the molecule is Nc1cccc(-c2nc(C(F)F)co2)c1. The predicted octanol–water partition coefficient (Wildman–Crippen LogP) is 2.86. The second kappa shape index (κ2) is 3.68. The summed E-state index contributed by atoms with van der Waals surface area (Å²) in [5, 5.41) is 0. The lowest BCUT2D eigenvalue weighted by Crippen LogP contribution is -1.86. The largest absolute Gasteiger partial charge is 0.444 e. The molecule has 0 spiro atoms. The van der Waals surface area contributed by atoms with E-state index in [4.69, 9.17) is 10.2 Å². The first kappa shape index (κ1) is 9.64. The topological polar surface area (TPSA) is 52.0 Å². The average Bonchev–Trinajstić information content (AvgIpc) is 2.66. The number of nitrogens with zero attached hydrogens (tertiary/aromatic N) is 1. The zero-order chi connectivity index (χ0) is 10.8. The summed E-state index contributed by atoms with van der Waals surface area (Å²) in [6, 6.07) is 6.70. The van der Waals surface area contributed by atoms with Crippen LogP contribution in [0, 0.1) is 0 Å². The highest BCUT2D eigenvalue weighted by atomic mass is 19.3. The molecule has 0 radical (unpaired) electrons. The first-order valence-electron chi connectivity index (χ1n) is 4.26. The molecule has 3 nitrogen and oxygen atoms in total. The number of nitrogens with two attached hydrogens (primary N) is 1. The summed E-state index contributed by atoms with van der Waals surface area (Å²) >= 11 is 0. The second-order valence-corrected chi connectivity index (χ2v) is 3.00. The molecule has 78 valence electrons. The first-order chi connectivity index (χ1) is 7.16. The van der Waals surface area contributed by atoms with Gasteiger partial charge in [0.25, 0.3) is 6.43 Å². The lowest BCUT2D eigenvalue weighted by molar-refractivity contribution is 0.146. The van der Waals surface area contributed by atoms with Crippen molar-refractivity contribution in [3.63, 3.8) is 0 Å². The fourth-order valence-corrected chi connectivity index (χ4v) is 1.19. The van der Waals surface area contributed by atoms with Crippen LogP contribution >= 0.6 is 0 Å². The number of hydrogen-bond donors (Lipinski definition) is 1. The van der Waals surface area contributed by atoms with Crippen LogP contribution in [0.4, 0.5) is 14.5 Å². The molecule has 1 heterocycles. The van der Waals surface area contributed by atoms with E-state index in [2.05, 4.69) is 4.98 Å². The molecule has 2 aromatic rings. The van der Waals surface area contributed by atoms with E-state index >= 15 is 0 Å². The first-order valence-corrected chi connectivity index (χ1v) is 4.26. The van der Waals surface area contributed by atoms with E-state index in [1.54, 1.807) is 24.3 Å². The number of oxazole rings is 1. The molecule has 0 bridgehead atoms. The number of aromatic nitrogens is 1. The Morgan fingerprint density at radius 1 is 1.33 bits per heavy atom. The third-order valence-electron chi connectivity index (χ3n) is 1.88. The van der Waals surface area contributed by atoms with Gasteiger partial charge in [-0.3, -0.25) is 0 Å². The number of anilines is 1. The highest BCUT2D eigenvalue weighted by molar-refractivity contribution is 5.59. The molecule has 1 aromatic carbocycles. The summed E-state index contributed by atoms with van der Waals surface area (Å²) in [4.78, 5) is 3.65. The Balaban J connectivity index is 2.37. The van der Waals surface area contributed by atoms with Gasteiger partial charge in [0.2, 0.25) is 5.89 Å². The molecule has 0 aliphatic rings. The molecule has 0 saturated heterocycles. The van der Waals surface area contributed by atoms with Crippen molar-refractivity contribution in [2.75, 3.05) is 5.73 Å². The molecule has 0 atom stereocenters. The summed E-state index contributed by atoms with van der Waals surface area (Å²) in [5.41, 5.74) is 6.29. The van der Waals surface area contributed by atoms with E-state index in [-0.39, 0.29) is 11.6 Å².